The molecule has 1 rings (SSSR count). The topological polar surface area (TPSA) is 20.2 Å². The Balaban J connectivity index is 1.90. The molecule has 0 unspecified atom stereocenters. The van der Waals surface area contributed by atoms with Crippen LogP contribution in [0.2, 0.25) is 0 Å². The summed E-state index contributed by atoms with van der Waals surface area (Å²) >= 11 is 5.94. The van der Waals surface area contributed by atoms with Gasteiger partial charge in [-0.15, -0.1) is 11.6 Å². The molecule has 0 saturated carbocycles. The summed E-state index contributed by atoms with van der Waals surface area (Å²) in [6, 6.07) is 4.06. The van der Waals surface area contributed by atoms with Crippen molar-refractivity contribution >= 4 is 11.6 Å². The Labute approximate surface area is 180 Å². The molecule has 28 heavy (non-hydrogen) atoms. The Hall–Kier alpha value is -0.690. The van der Waals surface area contributed by atoms with Crippen LogP contribution in [0.3, 0.4) is 0 Å². The molecule has 0 amide bonds. The van der Waals surface area contributed by atoms with Gasteiger partial charge in [-0.1, -0.05) is 115 Å². The molecule has 0 aliphatic rings. The van der Waals surface area contributed by atoms with Gasteiger partial charge in [0.15, 0.2) is 0 Å². The van der Waals surface area contributed by atoms with Crippen LogP contribution in [0.15, 0.2) is 12.1 Å². The summed E-state index contributed by atoms with van der Waals surface area (Å²) in [6.07, 6.45) is 23.2. The summed E-state index contributed by atoms with van der Waals surface area (Å²) in [5.41, 5.74) is 3.13. The van der Waals surface area contributed by atoms with Gasteiger partial charge in [0.05, 0.1) is 0 Å². The molecule has 0 fully saturated rings. The van der Waals surface area contributed by atoms with E-state index in [1.54, 1.807) is 0 Å². The molecule has 0 aliphatic carbocycles. The number of benzene rings is 1. The number of halogens is 1. The van der Waals surface area contributed by atoms with Crippen LogP contribution in [0.1, 0.15) is 126 Å². The van der Waals surface area contributed by atoms with Crippen molar-refractivity contribution in [3.63, 3.8) is 0 Å². The van der Waals surface area contributed by atoms with Gasteiger partial charge in [0.2, 0.25) is 0 Å². The van der Waals surface area contributed by atoms with Crippen molar-refractivity contribution in [1.29, 1.82) is 0 Å². The summed E-state index contributed by atoms with van der Waals surface area (Å²) in [5.74, 6) is 0.988. The first-order valence-electron chi connectivity index (χ1n) is 12.1. The van der Waals surface area contributed by atoms with E-state index in [1.165, 1.54) is 96.3 Å². The van der Waals surface area contributed by atoms with E-state index in [9.17, 15) is 5.11 Å². The second-order valence-electron chi connectivity index (χ2n) is 8.61. The van der Waals surface area contributed by atoms with Crippen molar-refractivity contribution in [3.8, 4) is 5.75 Å². The second kappa shape index (κ2) is 17.2. The van der Waals surface area contributed by atoms with Crippen molar-refractivity contribution < 1.29 is 5.11 Å². The fourth-order valence-electron chi connectivity index (χ4n) is 4.06. The Morgan fingerprint density at radius 1 is 0.679 bits per heavy atom. The smallest absolute Gasteiger partial charge is 0.121 e. The molecule has 1 aromatic rings. The first-order valence-corrected chi connectivity index (χ1v) is 12.6. The lowest BCUT2D eigenvalue weighted by molar-refractivity contribution is 0.461. The maximum absolute atomic E-state index is 10.2. The van der Waals surface area contributed by atoms with Crippen LogP contribution >= 0.6 is 11.6 Å². The van der Waals surface area contributed by atoms with Crippen molar-refractivity contribution in [2.24, 2.45) is 0 Å². The van der Waals surface area contributed by atoms with E-state index in [0.717, 1.165) is 29.5 Å². The Bertz CT molecular complexity index is 497. The molecule has 0 radical (unpaired) electrons. The Morgan fingerprint density at radius 2 is 1.11 bits per heavy atom. The quantitative estimate of drug-likeness (QED) is 0.189. The lowest BCUT2D eigenvalue weighted by atomic mass is 9.99. The minimum absolute atomic E-state index is 0.467. The summed E-state index contributed by atoms with van der Waals surface area (Å²) in [7, 11) is 0. The van der Waals surface area contributed by atoms with Gasteiger partial charge in [0.1, 0.15) is 5.75 Å². The Morgan fingerprint density at radius 3 is 1.54 bits per heavy atom. The summed E-state index contributed by atoms with van der Waals surface area (Å²) in [6.45, 7) is 4.25. The molecule has 1 N–H and O–H groups in total. The number of phenols is 1. The van der Waals surface area contributed by atoms with Gasteiger partial charge in [0.25, 0.3) is 0 Å². The van der Waals surface area contributed by atoms with Gasteiger partial charge in [-0.2, -0.15) is 0 Å². The van der Waals surface area contributed by atoms with E-state index < -0.39 is 0 Å². The highest BCUT2D eigenvalue weighted by molar-refractivity contribution is 6.17. The zero-order chi connectivity index (χ0) is 20.5. The molecular formula is C26H45ClO. The average Bonchev–Trinajstić information content (AvgIpc) is 2.70. The van der Waals surface area contributed by atoms with Crippen LogP contribution < -0.4 is 0 Å². The number of alkyl halides is 1. The lowest BCUT2D eigenvalue weighted by Crippen LogP contribution is -1.92. The van der Waals surface area contributed by atoms with Gasteiger partial charge in [-0.05, 0) is 36.5 Å². The van der Waals surface area contributed by atoms with Crippen LogP contribution in [0, 0.1) is 6.92 Å². The van der Waals surface area contributed by atoms with Crippen molar-refractivity contribution in [2.75, 3.05) is 0 Å². The van der Waals surface area contributed by atoms with E-state index in [4.69, 9.17) is 11.6 Å². The highest BCUT2D eigenvalue weighted by Crippen LogP contribution is 2.26. The molecule has 0 aliphatic heterocycles. The van der Waals surface area contributed by atoms with Crippen LogP contribution in [-0.4, -0.2) is 5.11 Å². The van der Waals surface area contributed by atoms with Gasteiger partial charge in [0, 0.05) is 5.88 Å². The second-order valence-corrected chi connectivity index (χ2v) is 8.87. The fraction of sp³-hybridized carbons (Fsp3) is 0.769. The van der Waals surface area contributed by atoms with E-state index in [0.29, 0.717) is 11.6 Å². The third kappa shape index (κ3) is 12.0. The monoisotopic (exact) mass is 408 g/mol. The first kappa shape index (κ1) is 25.3. The van der Waals surface area contributed by atoms with Crippen molar-refractivity contribution in [1.82, 2.24) is 0 Å². The average molecular weight is 409 g/mol. The molecule has 2 heteroatoms. The van der Waals surface area contributed by atoms with Gasteiger partial charge in [-0.25, -0.2) is 0 Å². The third-order valence-corrected chi connectivity index (χ3v) is 6.20. The van der Waals surface area contributed by atoms with E-state index in [2.05, 4.69) is 13.0 Å². The molecule has 1 aromatic carbocycles. The normalized spacial score (nSPS) is 11.2. The number of aryl methyl sites for hydroxylation is 2. The third-order valence-electron chi connectivity index (χ3n) is 5.89. The zero-order valence-corrected chi connectivity index (χ0v) is 19.5. The number of rotatable bonds is 18. The molecule has 0 atom stereocenters. The number of hydrogen-bond acceptors (Lipinski definition) is 1. The highest BCUT2D eigenvalue weighted by Gasteiger charge is 2.06. The van der Waals surface area contributed by atoms with E-state index in [-0.39, 0.29) is 0 Å². The molecule has 0 bridgehead atoms. The van der Waals surface area contributed by atoms with Crippen LogP contribution in [0.25, 0.3) is 0 Å². The minimum atomic E-state index is 0.467. The number of unbranched alkanes of at least 4 members (excludes halogenated alkanes) is 15. The van der Waals surface area contributed by atoms with Crippen molar-refractivity contribution in [2.45, 2.75) is 129 Å². The maximum atomic E-state index is 10.2. The molecule has 162 valence electrons. The molecule has 0 saturated heterocycles. The maximum Gasteiger partial charge on any atom is 0.121 e. The summed E-state index contributed by atoms with van der Waals surface area (Å²) < 4.78 is 0. The van der Waals surface area contributed by atoms with Gasteiger partial charge in [-0.3, -0.25) is 0 Å². The highest BCUT2D eigenvalue weighted by atomic mass is 35.5. The van der Waals surface area contributed by atoms with Crippen molar-refractivity contribution in [3.05, 3.63) is 28.8 Å². The molecule has 0 heterocycles. The Kier molecular flexibility index (Phi) is 15.6. The SMILES string of the molecule is CCCCCCCCCCCCCCCCCCc1cc(CCl)cc(C)c1O. The number of phenolic OH excluding ortho intramolecular Hbond substituents is 1. The number of aromatic hydroxyl groups is 1. The van der Waals surface area contributed by atoms with Crippen LogP contribution in [-0.2, 0) is 12.3 Å². The largest absolute Gasteiger partial charge is 0.507 e. The van der Waals surface area contributed by atoms with E-state index in [1.807, 2.05) is 13.0 Å². The van der Waals surface area contributed by atoms with E-state index >= 15 is 0 Å². The summed E-state index contributed by atoms with van der Waals surface area (Å²) in [5, 5.41) is 10.2. The van der Waals surface area contributed by atoms with Gasteiger partial charge < -0.3 is 5.11 Å². The standard InChI is InChI=1S/C26H45ClO/c1-3-4-5-6-7-8-9-10-11-12-13-14-15-16-17-18-19-25-21-24(22-27)20-23(2)26(25)28/h20-21,28H,3-19,22H2,1-2H3. The zero-order valence-electron chi connectivity index (χ0n) is 18.7. The number of hydrogen-bond donors (Lipinski definition) is 1. The predicted molar refractivity (Wildman–Crippen MR) is 126 cm³/mol. The van der Waals surface area contributed by atoms with Gasteiger partial charge >= 0.3 is 0 Å². The first-order chi connectivity index (χ1) is 13.7. The molecule has 0 spiro atoms. The molecule has 0 aromatic heterocycles. The van der Waals surface area contributed by atoms with Crippen LogP contribution in [0.4, 0.5) is 0 Å². The predicted octanol–water partition coefficient (Wildman–Crippen LogP) is 9.24. The molecular weight excluding hydrogens is 364 g/mol. The molecule has 1 nitrogen and oxygen atoms in total. The fourth-order valence-corrected chi connectivity index (χ4v) is 4.22. The van der Waals surface area contributed by atoms with Crippen LogP contribution in [0.5, 0.6) is 5.75 Å². The summed E-state index contributed by atoms with van der Waals surface area (Å²) in [4.78, 5) is 0. The lowest BCUT2D eigenvalue weighted by Gasteiger charge is -2.10. The minimum Gasteiger partial charge on any atom is -0.507 e.